The SMILES string of the molecule is Cc1nc(-c2cccs2)sc1C(=O)NCc1cn(-c2ccccc2)nc1-c1ccncc1. The molecule has 0 aliphatic rings. The second-order valence-electron chi connectivity index (χ2n) is 7.11. The van der Waals surface area contributed by atoms with Crippen molar-refractivity contribution >= 4 is 28.6 Å². The third-order valence-electron chi connectivity index (χ3n) is 4.94. The summed E-state index contributed by atoms with van der Waals surface area (Å²) in [5.41, 5.74) is 4.39. The highest BCUT2D eigenvalue weighted by atomic mass is 32.1. The van der Waals surface area contributed by atoms with Crippen molar-refractivity contribution < 1.29 is 4.79 Å². The van der Waals surface area contributed by atoms with E-state index in [1.54, 1.807) is 23.7 Å². The van der Waals surface area contributed by atoms with Gasteiger partial charge in [-0.3, -0.25) is 9.78 Å². The van der Waals surface area contributed by atoms with Gasteiger partial charge in [0.2, 0.25) is 0 Å². The van der Waals surface area contributed by atoms with Crippen LogP contribution in [0.2, 0.25) is 0 Å². The average Bonchev–Trinajstić information content (AvgIpc) is 3.58. The molecule has 5 aromatic rings. The van der Waals surface area contributed by atoms with E-state index in [2.05, 4.69) is 15.3 Å². The fourth-order valence-electron chi connectivity index (χ4n) is 3.37. The average molecular weight is 458 g/mol. The zero-order chi connectivity index (χ0) is 21.9. The van der Waals surface area contributed by atoms with E-state index in [1.807, 2.05) is 77.8 Å². The lowest BCUT2D eigenvalue weighted by Gasteiger charge is -2.05. The molecule has 0 bridgehead atoms. The maximum absolute atomic E-state index is 13.0. The molecule has 1 N–H and O–H groups in total. The molecule has 4 heterocycles. The lowest BCUT2D eigenvalue weighted by Crippen LogP contribution is -2.22. The quantitative estimate of drug-likeness (QED) is 0.373. The Morgan fingerprint density at radius 1 is 1.06 bits per heavy atom. The molecular formula is C24H19N5OS2. The molecule has 0 fully saturated rings. The van der Waals surface area contributed by atoms with Crippen molar-refractivity contribution in [3.05, 3.63) is 94.7 Å². The van der Waals surface area contributed by atoms with Crippen molar-refractivity contribution in [2.75, 3.05) is 0 Å². The lowest BCUT2D eigenvalue weighted by molar-refractivity contribution is 0.0954. The van der Waals surface area contributed by atoms with Crippen LogP contribution in [0.25, 0.3) is 26.8 Å². The minimum absolute atomic E-state index is 0.129. The lowest BCUT2D eigenvalue weighted by atomic mass is 10.1. The molecule has 0 radical (unpaired) electrons. The maximum atomic E-state index is 13.0. The highest BCUT2D eigenvalue weighted by Crippen LogP contribution is 2.31. The number of rotatable bonds is 6. The van der Waals surface area contributed by atoms with E-state index in [9.17, 15) is 4.79 Å². The molecule has 32 heavy (non-hydrogen) atoms. The topological polar surface area (TPSA) is 72.7 Å². The van der Waals surface area contributed by atoms with Crippen molar-refractivity contribution in [1.82, 2.24) is 25.1 Å². The number of hydrogen-bond acceptors (Lipinski definition) is 6. The van der Waals surface area contributed by atoms with Crippen LogP contribution in [0.15, 0.2) is 78.6 Å². The second-order valence-corrected chi connectivity index (χ2v) is 9.06. The Bertz CT molecular complexity index is 1340. The number of aromatic nitrogens is 4. The summed E-state index contributed by atoms with van der Waals surface area (Å²) in [6.45, 7) is 2.23. The van der Waals surface area contributed by atoms with E-state index in [4.69, 9.17) is 5.10 Å². The zero-order valence-corrected chi connectivity index (χ0v) is 18.9. The van der Waals surface area contributed by atoms with Crippen LogP contribution in [0.5, 0.6) is 0 Å². The predicted octanol–water partition coefficient (Wildman–Crippen LogP) is 5.36. The summed E-state index contributed by atoms with van der Waals surface area (Å²) in [6, 6.07) is 17.8. The minimum Gasteiger partial charge on any atom is -0.347 e. The van der Waals surface area contributed by atoms with Gasteiger partial charge in [-0.2, -0.15) is 5.10 Å². The van der Waals surface area contributed by atoms with Gasteiger partial charge in [0.1, 0.15) is 9.88 Å². The Labute approximate surface area is 193 Å². The molecule has 6 nitrogen and oxygen atoms in total. The number of hydrogen-bond donors (Lipinski definition) is 1. The number of amides is 1. The van der Waals surface area contributed by atoms with Gasteiger partial charge in [-0.15, -0.1) is 22.7 Å². The number of thiophene rings is 1. The van der Waals surface area contributed by atoms with E-state index in [-0.39, 0.29) is 5.91 Å². The van der Waals surface area contributed by atoms with Gasteiger partial charge >= 0.3 is 0 Å². The molecule has 0 aliphatic heterocycles. The predicted molar refractivity (Wildman–Crippen MR) is 128 cm³/mol. The smallest absolute Gasteiger partial charge is 0.263 e. The summed E-state index contributed by atoms with van der Waals surface area (Å²) in [5, 5.41) is 10.7. The first kappa shape index (κ1) is 20.3. The number of carbonyl (C=O) groups excluding carboxylic acids is 1. The van der Waals surface area contributed by atoms with Crippen LogP contribution in [0.4, 0.5) is 0 Å². The number of nitrogens with zero attached hydrogens (tertiary/aromatic N) is 4. The standard InChI is InChI=1S/C24H19N5OS2/c1-16-22(32-24(27-16)20-8-5-13-31-20)23(30)26-14-18-15-29(19-6-3-2-4-7-19)28-21(18)17-9-11-25-12-10-17/h2-13,15H,14H2,1H3,(H,26,30). The Balaban J connectivity index is 1.41. The first-order valence-corrected chi connectivity index (χ1v) is 11.7. The molecule has 0 spiro atoms. The zero-order valence-electron chi connectivity index (χ0n) is 17.2. The second kappa shape index (κ2) is 8.86. The van der Waals surface area contributed by atoms with E-state index in [0.717, 1.165) is 38.1 Å². The van der Waals surface area contributed by atoms with Crippen LogP contribution in [-0.2, 0) is 6.54 Å². The molecule has 1 aromatic carbocycles. The molecule has 0 unspecified atom stereocenters. The number of aryl methyl sites for hydroxylation is 1. The van der Waals surface area contributed by atoms with Gasteiger partial charge in [0.05, 0.1) is 22.0 Å². The van der Waals surface area contributed by atoms with Gasteiger partial charge in [0.15, 0.2) is 0 Å². The van der Waals surface area contributed by atoms with E-state index in [1.165, 1.54) is 11.3 Å². The van der Waals surface area contributed by atoms with Crippen LogP contribution in [0.1, 0.15) is 20.9 Å². The van der Waals surface area contributed by atoms with Crippen molar-refractivity contribution in [3.63, 3.8) is 0 Å². The number of nitrogens with one attached hydrogen (secondary N) is 1. The number of para-hydroxylation sites is 1. The normalized spacial score (nSPS) is 10.9. The fraction of sp³-hybridized carbons (Fsp3) is 0.0833. The fourth-order valence-corrected chi connectivity index (χ4v) is 5.15. The van der Waals surface area contributed by atoms with Gasteiger partial charge in [-0.05, 0) is 42.6 Å². The summed E-state index contributed by atoms with van der Waals surface area (Å²) in [7, 11) is 0. The Morgan fingerprint density at radius 2 is 1.88 bits per heavy atom. The van der Waals surface area contributed by atoms with E-state index < -0.39 is 0 Å². The van der Waals surface area contributed by atoms with E-state index >= 15 is 0 Å². The third-order valence-corrected chi connectivity index (χ3v) is 7.13. The van der Waals surface area contributed by atoms with Gasteiger partial charge in [0, 0.05) is 36.3 Å². The first-order chi connectivity index (χ1) is 15.7. The molecule has 5 rings (SSSR count). The van der Waals surface area contributed by atoms with Crippen LogP contribution in [0, 0.1) is 6.92 Å². The van der Waals surface area contributed by atoms with Crippen LogP contribution < -0.4 is 5.32 Å². The monoisotopic (exact) mass is 457 g/mol. The van der Waals surface area contributed by atoms with Crippen LogP contribution in [0.3, 0.4) is 0 Å². The Morgan fingerprint density at radius 3 is 2.62 bits per heavy atom. The molecule has 1 amide bonds. The Kier molecular flexibility index (Phi) is 5.62. The summed E-state index contributed by atoms with van der Waals surface area (Å²) in [6.07, 6.45) is 5.44. The molecule has 0 aliphatic carbocycles. The Hall–Kier alpha value is -3.62. The molecule has 158 valence electrons. The number of thiazole rings is 1. The van der Waals surface area contributed by atoms with Crippen molar-refractivity contribution in [3.8, 4) is 26.8 Å². The molecular weight excluding hydrogens is 438 g/mol. The molecule has 4 aromatic heterocycles. The van der Waals surface area contributed by atoms with Crippen LogP contribution >= 0.6 is 22.7 Å². The van der Waals surface area contributed by atoms with Gasteiger partial charge in [-0.25, -0.2) is 9.67 Å². The summed E-state index contributed by atoms with van der Waals surface area (Å²) in [4.78, 5) is 23.4. The molecule has 0 atom stereocenters. The van der Waals surface area contributed by atoms with Gasteiger partial charge in [0.25, 0.3) is 5.91 Å². The summed E-state index contributed by atoms with van der Waals surface area (Å²) in [5.74, 6) is -0.129. The number of carbonyl (C=O) groups is 1. The van der Waals surface area contributed by atoms with E-state index in [0.29, 0.717) is 11.4 Å². The van der Waals surface area contributed by atoms with Crippen molar-refractivity contribution in [2.45, 2.75) is 13.5 Å². The highest BCUT2D eigenvalue weighted by Gasteiger charge is 2.18. The summed E-state index contributed by atoms with van der Waals surface area (Å²) >= 11 is 3.04. The molecule has 0 saturated heterocycles. The largest absolute Gasteiger partial charge is 0.347 e. The van der Waals surface area contributed by atoms with Gasteiger partial charge < -0.3 is 5.32 Å². The molecule has 0 saturated carbocycles. The van der Waals surface area contributed by atoms with Crippen molar-refractivity contribution in [2.24, 2.45) is 0 Å². The summed E-state index contributed by atoms with van der Waals surface area (Å²) < 4.78 is 1.84. The van der Waals surface area contributed by atoms with Crippen molar-refractivity contribution in [1.29, 1.82) is 0 Å². The third kappa shape index (κ3) is 4.10. The molecule has 8 heteroatoms. The van der Waals surface area contributed by atoms with Gasteiger partial charge in [-0.1, -0.05) is 24.3 Å². The first-order valence-electron chi connectivity index (χ1n) is 10.0. The number of benzene rings is 1. The maximum Gasteiger partial charge on any atom is 0.263 e. The minimum atomic E-state index is -0.129. The number of pyridine rings is 1. The van der Waals surface area contributed by atoms with Crippen LogP contribution in [-0.4, -0.2) is 25.7 Å². The highest BCUT2D eigenvalue weighted by molar-refractivity contribution is 7.22.